The molecule has 1 aromatic carbocycles. The summed E-state index contributed by atoms with van der Waals surface area (Å²) in [6.45, 7) is 6.22. The van der Waals surface area contributed by atoms with E-state index in [0.29, 0.717) is 5.69 Å². The van der Waals surface area contributed by atoms with Crippen LogP contribution < -0.4 is 18.9 Å². The van der Waals surface area contributed by atoms with E-state index < -0.39 is 10.8 Å². The Kier molecular flexibility index (Phi) is 12.3. The molecule has 96 valence electrons. The minimum absolute atomic E-state index is 0. The number of rotatable bonds is 3. The first-order valence-electron chi connectivity index (χ1n) is 4.98. The number of benzene rings is 1. The van der Waals surface area contributed by atoms with Crippen LogP contribution in [0.2, 0.25) is 0 Å². The number of anilines is 1. The molecule has 0 aliphatic rings. The molecule has 0 spiro atoms. The molecule has 1 rings (SSSR count). The van der Waals surface area contributed by atoms with E-state index in [-0.39, 0.29) is 19.5 Å². The summed E-state index contributed by atoms with van der Waals surface area (Å²) in [6.07, 6.45) is 0. The molecule has 6 nitrogen and oxygen atoms in total. The molecule has 0 fully saturated rings. The van der Waals surface area contributed by atoms with Gasteiger partial charge in [0.25, 0.3) is 0 Å². The number of hydrogen-bond donors (Lipinski definition) is 0. The first-order valence-corrected chi connectivity index (χ1v) is 5.90. The Morgan fingerprint density at radius 3 is 1.78 bits per heavy atom. The van der Waals surface area contributed by atoms with Gasteiger partial charge in [0.05, 0.1) is 10.8 Å². The molecule has 0 aromatic heterocycles. The molecule has 0 amide bonds. The first-order chi connectivity index (χ1) is 8.04. The van der Waals surface area contributed by atoms with Crippen LogP contribution in [0.5, 0.6) is 0 Å². The summed E-state index contributed by atoms with van der Waals surface area (Å²) in [5, 5.41) is 8.49. The topological polar surface area (TPSA) is 101 Å². The normalized spacial score (nSPS) is 8.72. The van der Waals surface area contributed by atoms with Crippen LogP contribution in [0.4, 0.5) is 11.4 Å². The van der Waals surface area contributed by atoms with Crippen molar-refractivity contribution in [1.82, 2.24) is 0 Å². The average Bonchev–Trinajstić information content (AvgIpc) is 2.31. The molecule has 0 bridgehead atoms. The Balaban J connectivity index is 0. The molecule has 8 heteroatoms. The smallest absolute Gasteiger partial charge is 0.372 e. The van der Waals surface area contributed by atoms with Gasteiger partial charge in [0.1, 0.15) is 0 Å². The van der Waals surface area contributed by atoms with Gasteiger partial charge in [-0.15, -0.1) is 0 Å². The number of hydrogen-bond acceptors (Lipinski definition) is 5. The van der Waals surface area contributed by atoms with E-state index in [2.05, 4.69) is 23.7 Å². The van der Waals surface area contributed by atoms with Gasteiger partial charge in [-0.1, -0.05) is 0 Å². The van der Waals surface area contributed by atoms with Crippen molar-refractivity contribution in [3.05, 3.63) is 29.2 Å². The van der Waals surface area contributed by atoms with Crippen molar-refractivity contribution in [1.29, 1.82) is 5.39 Å². The third-order valence-corrected chi connectivity index (χ3v) is 2.09. The summed E-state index contributed by atoms with van der Waals surface area (Å²) in [6, 6.07) is 7.52. The van der Waals surface area contributed by atoms with Crippen LogP contribution in [-0.4, -0.2) is 13.1 Å². The zero-order valence-electron chi connectivity index (χ0n) is 10.4. The van der Waals surface area contributed by atoms with Crippen molar-refractivity contribution in [2.75, 3.05) is 18.0 Å². The molecular formula is C10H14ClN3O3Zn. The van der Waals surface area contributed by atoms with Crippen LogP contribution in [0.1, 0.15) is 13.8 Å². The standard InChI is InChI=1S/C10H14N3.ClO3.Zn/c1-3-13(4-2)10-7-5-9(12-11)6-8-10;2-1(3)4;/h5-8H,3-4H2,1-2H3;;/q+1;-1;. The summed E-state index contributed by atoms with van der Waals surface area (Å²) in [4.78, 5) is 5.34. The van der Waals surface area contributed by atoms with Gasteiger partial charge in [0.15, 0.2) is 4.98 Å². The molecule has 1 aromatic rings. The SMILES string of the molecule is CCN(CC)c1ccc([N+]#N)cc1.[O-][Cl+2]([O-])[O-].[Zn]. The minimum Gasteiger partial charge on any atom is -0.372 e. The number of nitrogens with zero attached hydrogens (tertiary/aromatic N) is 3. The van der Waals surface area contributed by atoms with Gasteiger partial charge >= 0.3 is 5.69 Å². The Labute approximate surface area is 122 Å². The van der Waals surface area contributed by atoms with Crippen LogP contribution in [0.25, 0.3) is 4.98 Å². The maximum absolute atomic E-state index is 8.49. The molecule has 0 aliphatic heterocycles. The summed E-state index contributed by atoms with van der Waals surface area (Å²) in [5.74, 6) is 0. The number of diazo groups is 1. The maximum Gasteiger partial charge on any atom is 0.385 e. The monoisotopic (exact) mass is 323 g/mol. The van der Waals surface area contributed by atoms with Gasteiger partial charge in [-0.05, 0) is 26.0 Å². The van der Waals surface area contributed by atoms with Gasteiger partial charge in [-0.2, -0.15) is 0 Å². The molecule has 0 unspecified atom stereocenters. The van der Waals surface area contributed by atoms with Crippen LogP contribution in [0.15, 0.2) is 24.3 Å². The second-order valence-electron chi connectivity index (χ2n) is 2.98. The van der Waals surface area contributed by atoms with Crippen molar-refractivity contribution in [2.45, 2.75) is 13.8 Å². The Morgan fingerprint density at radius 1 is 1.11 bits per heavy atom. The van der Waals surface area contributed by atoms with Gasteiger partial charge < -0.3 is 18.9 Å². The third kappa shape index (κ3) is 8.34. The summed E-state index contributed by atoms with van der Waals surface area (Å²) in [5.41, 5.74) is 1.76. The van der Waals surface area contributed by atoms with E-state index in [4.69, 9.17) is 19.4 Å². The van der Waals surface area contributed by atoms with E-state index in [1.165, 1.54) is 0 Å². The van der Waals surface area contributed by atoms with Crippen molar-refractivity contribution in [3.63, 3.8) is 0 Å². The fraction of sp³-hybridized carbons (Fsp3) is 0.400. The molecule has 0 radical (unpaired) electrons. The van der Waals surface area contributed by atoms with E-state index in [1.54, 1.807) is 12.1 Å². The predicted octanol–water partition coefficient (Wildman–Crippen LogP) is -0.552. The van der Waals surface area contributed by atoms with Gasteiger partial charge in [0.2, 0.25) is 5.39 Å². The molecule has 0 atom stereocenters. The fourth-order valence-corrected chi connectivity index (χ4v) is 1.32. The van der Waals surface area contributed by atoms with Gasteiger partial charge in [-0.25, -0.2) is 0 Å². The molecule has 0 N–H and O–H groups in total. The third-order valence-electron chi connectivity index (χ3n) is 2.09. The van der Waals surface area contributed by atoms with Crippen LogP contribution in [0, 0.1) is 16.2 Å². The fourth-order valence-electron chi connectivity index (χ4n) is 1.32. The molecule has 0 heterocycles. The van der Waals surface area contributed by atoms with Crippen LogP contribution in [0.3, 0.4) is 0 Å². The molecule has 0 saturated carbocycles. The zero-order chi connectivity index (χ0) is 13.3. The predicted molar refractivity (Wildman–Crippen MR) is 54.7 cm³/mol. The van der Waals surface area contributed by atoms with Crippen molar-refractivity contribution < 1.29 is 44.2 Å². The molecule has 18 heavy (non-hydrogen) atoms. The second kappa shape index (κ2) is 11.3. The van der Waals surface area contributed by atoms with Crippen molar-refractivity contribution >= 4 is 11.4 Å². The first kappa shape index (κ1) is 19.6. The largest absolute Gasteiger partial charge is 0.385 e. The van der Waals surface area contributed by atoms with Crippen LogP contribution >= 0.6 is 0 Å². The van der Waals surface area contributed by atoms with E-state index in [9.17, 15) is 0 Å². The van der Waals surface area contributed by atoms with E-state index in [1.807, 2.05) is 12.1 Å². The quantitative estimate of drug-likeness (QED) is 0.548. The zero-order valence-corrected chi connectivity index (χ0v) is 14.1. The molecule has 0 saturated heterocycles. The Morgan fingerprint density at radius 2 is 1.50 bits per heavy atom. The van der Waals surface area contributed by atoms with Gasteiger partial charge in [0, 0.05) is 50.4 Å². The van der Waals surface area contributed by atoms with E-state index >= 15 is 0 Å². The Hall–Kier alpha value is -0.767. The molecule has 0 aliphatic carbocycles. The number of halogens is 1. The second-order valence-corrected chi connectivity index (χ2v) is 3.36. The van der Waals surface area contributed by atoms with Crippen molar-refractivity contribution in [2.24, 2.45) is 0 Å². The van der Waals surface area contributed by atoms with E-state index in [0.717, 1.165) is 18.8 Å². The maximum atomic E-state index is 8.49. The molecular weight excluding hydrogens is 311 g/mol. The summed E-state index contributed by atoms with van der Waals surface area (Å²) < 4.78 is 25.2. The van der Waals surface area contributed by atoms with Crippen molar-refractivity contribution in [3.8, 4) is 0 Å². The summed E-state index contributed by atoms with van der Waals surface area (Å²) >= 11 is 0. The van der Waals surface area contributed by atoms with Gasteiger partial charge in [-0.3, -0.25) is 0 Å². The summed E-state index contributed by atoms with van der Waals surface area (Å²) in [7, 11) is -2.85. The minimum atomic E-state index is -2.85. The van der Waals surface area contributed by atoms with Crippen LogP contribution in [-0.2, 0) is 19.5 Å². The Bertz CT molecular complexity index is 350. The average molecular weight is 325 g/mol.